The molecule has 3 heteroatoms. The van der Waals surface area contributed by atoms with Crippen molar-refractivity contribution in [3.8, 4) is 16.9 Å². The molecule has 2 rings (SSSR count). The van der Waals surface area contributed by atoms with Gasteiger partial charge in [0.15, 0.2) is 0 Å². The van der Waals surface area contributed by atoms with E-state index in [0.717, 1.165) is 11.3 Å². The Morgan fingerprint density at radius 2 is 1.67 bits per heavy atom. The standard InChI is InChI=1S/C15H17NO.ClH/c1-11-7-12(10-16)9-14(8-11)13-3-5-15(17-2)6-4-13;/h3-9H,10,16H2,1-2H3;1H. The van der Waals surface area contributed by atoms with Crippen LogP contribution >= 0.6 is 12.4 Å². The van der Waals surface area contributed by atoms with Crippen molar-refractivity contribution in [2.45, 2.75) is 13.5 Å². The lowest BCUT2D eigenvalue weighted by Gasteiger charge is -2.07. The number of nitrogens with two attached hydrogens (primary N) is 1. The van der Waals surface area contributed by atoms with Gasteiger partial charge in [-0.2, -0.15) is 0 Å². The molecule has 0 bridgehead atoms. The zero-order valence-corrected chi connectivity index (χ0v) is 11.5. The van der Waals surface area contributed by atoms with E-state index in [1.54, 1.807) is 7.11 Å². The summed E-state index contributed by atoms with van der Waals surface area (Å²) in [6.07, 6.45) is 0. The second-order valence-electron chi connectivity index (χ2n) is 4.14. The molecular weight excluding hydrogens is 246 g/mol. The van der Waals surface area contributed by atoms with E-state index in [1.807, 2.05) is 12.1 Å². The molecule has 0 atom stereocenters. The quantitative estimate of drug-likeness (QED) is 0.919. The molecule has 96 valence electrons. The monoisotopic (exact) mass is 263 g/mol. The molecule has 0 heterocycles. The van der Waals surface area contributed by atoms with Crippen molar-refractivity contribution in [1.82, 2.24) is 0 Å². The highest BCUT2D eigenvalue weighted by molar-refractivity contribution is 5.85. The van der Waals surface area contributed by atoms with Crippen molar-refractivity contribution in [1.29, 1.82) is 0 Å². The molecule has 0 aromatic heterocycles. The van der Waals surface area contributed by atoms with E-state index in [4.69, 9.17) is 10.5 Å². The van der Waals surface area contributed by atoms with Crippen LogP contribution in [0.1, 0.15) is 11.1 Å². The number of hydrogen-bond donors (Lipinski definition) is 1. The summed E-state index contributed by atoms with van der Waals surface area (Å²) in [6.45, 7) is 2.66. The maximum Gasteiger partial charge on any atom is 0.118 e. The van der Waals surface area contributed by atoms with Gasteiger partial charge in [-0.3, -0.25) is 0 Å². The molecule has 2 aromatic rings. The molecule has 2 N–H and O–H groups in total. The van der Waals surface area contributed by atoms with Gasteiger partial charge < -0.3 is 10.5 Å². The predicted octanol–water partition coefficient (Wildman–Crippen LogP) is 3.55. The van der Waals surface area contributed by atoms with Gasteiger partial charge in [-0.1, -0.05) is 29.8 Å². The number of benzene rings is 2. The summed E-state index contributed by atoms with van der Waals surface area (Å²) >= 11 is 0. The highest BCUT2D eigenvalue weighted by Gasteiger charge is 2.01. The second kappa shape index (κ2) is 6.43. The molecule has 0 amide bonds. The zero-order chi connectivity index (χ0) is 12.3. The summed E-state index contributed by atoms with van der Waals surface area (Å²) in [5.41, 5.74) is 10.5. The van der Waals surface area contributed by atoms with Crippen LogP contribution in [0.25, 0.3) is 11.1 Å². The third kappa shape index (κ3) is 3.25. The van der Waals surface area contributed by atoms with Gasteiger partial charge in [-0.15, -0.1) is 12.4 Å². The van der Waals surface area contributed by atoms with Crippen LogP contribution in [-0.4, -0.2) is 7.11 Å². The van der Waals surface area contributed by atoms with Crippen LogP contribution in [0.3, 0.4) is 0 Å². The smallest absolute Gasteiger partial charge is 0.118 e. The molecule has 0 aliphatic carbocycles. The average Bonchev–Trinajstić information content (AvgIpc) is 2.38. The Morgan fingerprint density at radius 3 is 2.22 bits per heavy atom. The molecule has 0 aliphatic heterocycles. The van der Waals surface area contributed by atoms with Gasteiger partial charge in [0.05, 0.1) is 7.11 Å². The van der Waals surface area contributed by atoms with Gasteiger partial charge in [0.25, 0.3) is 0 Å². The molecule has 18 heavy (non-hydrogen) atoms. The lowest BCUT2D eigenvalue weighted by atomic mass is 10.0. The first-order valence-electron chi connectivity index (χ1n) is 5.68. The minimum atomic E-state index is 0. The first kappa shape index (κ1) is 14.6. The number of aryl methyl sites for hydroxylation is 1. The summed E-state index contributed by atoms with van der Waals surface area (Å²) in [4.78, 5) is 0. The first-order valence-corrected chi connectivity index (χ1v) is 5.68. The Kier molecular flexibility index (Phi) is 5.20. The van der Waals surface area contributed by atoms with Crippen molar-refractivity contribution in [2.75, 3.05) is 7.11 Å². The lowest BCUT2D eigenvalue weighted by molar-refractivity contribution is 0.415. The van der Waals surface area contributed by atoms with Crippen LogP contribution < -0.4 is 10.5 Å². The molecule has 0 saturated heterocycles. The minimum absolute atomic E-state index is 0. The summed E-state index contributed by atoms with van der Waals surface area (Å²) in [5.74, 6) is 0.875. The molecular formula is C15H18ClNO. The van der Waals surface area contributed by atoms with Crippen LogP contribution in [-0.2, 0) is 6.54 Å². The summed E-state index contributed by atoms with van der Waals surface area (Å²) in [7, 11) is 1.67. The minimum Gasteiger partial charge on any atom is -0.497 e. The molecule has 0 fully saturated rings. The molecule has 0 saturated carbocycles. The third-order valence-corrected chi connectivity index (χ3v) is 2.80. The van der Waals surface area contributed by atoms with Crippen LogP contribution in [0.4, 0.5) is 0 Å². The van der Waals surface area contributed by atoms with Crippen molar-refractivity contribution in [3.05, 3.63) is 53.6 Å². The zero-order valence-electron chi connectivity index (χ0n) is 10.6. The van der Waals surface area contributed by atoms with E-state index < -0.39 is 0 Å². The highest BCUT2D eigenvalue weighted by Crippen LogP contribution is 2.24. The molecule has 0 spiro atoms. The molecule has 2 aromatic carbocycles. The summed E-state index contributed by atoms with van der Waals surface area (Å²) < 4.78 is 5.15. The maximum atomic E-state index is 5.69. The summed E-state index contributed by atoms with van der Waals surface area (Å²) in [6, 6.07) is 14.5. The topological polar surface area (TPSA) is 35.2 Å². The third-order valence-electron chi connectivity index (χ3n) is 2.80. The van der Waals surface area contributed by atoms with E-state index in [2.05, 4.69) is 37.3 Å². The second-order valence-corrected chi connectivity index (χ2v) is 4.14. The first-order chi connectivity index (χ1) is 8.22. The van der Waals surface area contributed by atoms with E-state index >= 15 is 0 Å². The Bertz CT molecular complexity index is 508. The Morgan fingerprint density at radius 1 is 1.00 bits per heavy atom. The van der Waals surface area contributed by atoms with Crippen LogP contribution in [0, 0.1) is 6.92 Å². The highest BCUT2D eigenvalue weighted by atomic mass is 35.5. The van der Waals surface area contributed by atoms with Gasteiger partial charge in [-0.25, -0.2) is 0 Å². The maximum absolute atomic E-state index is 5.69. The van der Waals surface area contributed by atoms with E-state index in [0.29, 0.717) is 6.54 Å². The van der Waals surface area contributed by atoms with Gasteiger partial charge in [0, 0.05) is 6.54 Å². The fourth-order valence-corrected chi connectivity index (χ4v) is 1.93. The van der Waals surface area contributed by atoms with Gasteiger partial charge in [0.1, 0.15) is 5.75 Å². The lowest BCUT2D eigenvalue weighted by Crippen LogP contribution is -1.97. The normalized spacial score (nSPS) is 9.72. The Balaban J connectivity index is 0.00000162. The van der Waals surface area contributed by atoms with Crippen LogP contribution in [0.15, 0.2) is 42.5 Å². The number of rotatable bonds is 3. The van der Waals surface area contributed by atoms with E-state index in [1.165, 1.54) is 16.7 Å². The SMILES string of the molecule is COc1ccc(-c2cc(C)cc(CN)c2)cc1.Cl. The van der Waals surface area contributed by atoms with Crippen LogP contribution in [0.5, 0.6) is 5.75 Å². The largest absolute Gasteiger partial charge is 0.497 e. The fraction of sp³-hybridized carbons (Fsp3) is 0.200. The molecule has 0 radical (unpaired) electrons. The molecule has 0 unspecified atom stereocenters. The number of hydrogen-bond acceptors (Lipinski definition) is 2. The van der Waals surface area contributed by atoms with Crippen molar-refractivity contribution < 1.29 is 4.74 Å². The van der Waals surface area contributed by atoms with Crippen molar-refractivity contribution in [3.63, 3.8) is 0 Å². The Labute approximate surface area is 114 Å². The molecule has 0 aliphatic rings. The average molecular weight is 264 g/mol. The summed E-state index contributed by atoms with van der Waals surface area (Å²) in [5, 5.41) is 0. The number of ether oxygens (including phenoxy) is 1. The van der Waals surface area contributed by atoms with E-state index in [9.17, 15) is 0 Å². The predicted molar refractivity (Wildman–Crippen MR) is 78.3 cm³/mol. The van der Waals surface area contributed by atoms with Crippen molar-refractivity contribution >= 4 is 12.4 Å². The van der Waals surface area contributed by atoms with Gasteiger partial charge >= 0.3 is 0 Å². The van der Waals surface area contributed by atoms with E-state index in [-0.39, 0.29) is 12.4 Å². The molecule has 2 nitrogen and oxygen atoms in total. The van der Waals surface area contributed by atoms with Gasteiger partial charge in [0.2, 0.25) is 0 Å². The number of methoxy groups -OCH3 is 1. The van der Waals surface area contributed by atoms with Crippen molar-refractivity contribution in [2.24, 2.45) is 5.73 Å². The fourth-order valence-electron chi connectivity index (χ4n) is 1.93. The Hall–Kier alpha value is -1.51. The van der Waals surface area contributed by atoms with Gasteiger partial charge in [-0.05, 0) is 41.8 Å². The number of halogens is 1. The van der Waals surface area contributed by atoms with Crippen LogP contribution in [0.2, 0.25) is 0 Å².